The lowest BCUT2D eigenvalue weighted by molar-refractivity contribution is -0.142. The molecule has 4 atom stereocenters. The Morgan fingerprint density at radius 2 is 1.44 bits per heavy atom. The van der Waals surface area contributed by atoms with Gasteiger partial charge in [0.25, 0.3) is 0 Å². The quantitative estimate of drug-likeness (QED) is 0.0496. The number of amides is 3. The fourth-order valence-corrected chi connectivity index (χ4v) is 3.50. The SMILES string of the molecule is NCCCCC(NC(=O)C(N)CCCN=C(N)N)C(=O)NC(CO)C(=O)NC(Cc1ccc(O)cc1)C(=O)O. The van der Waals surface area contributed by atoms with Crippen molar-refractivity contribution in [2.24, 2.45) is 27.9 Å². The normalized spacial score (nSPS) is 13.8. The number of aliphatic imine (C=N–C) groups is 1. The van der Waals surface area contributed by atoms with E-state index in [0.717, 1.165) is 0 Å². The molecule has 0 radical (unpaired) electrons. The molecule has 0 fully saturated rings. The summed E-state index contributed by atoms with van der Waals surface area (Å²) >= 11 is 0. The number of nitrogens with two attached hydrogens (primary N) is 4. The van der Waals surface area contributed by atoms with E-state index >= 15 is 0 Å². The van der Waals surface area contributed by atoms with Crippen LogP contribution < -0.4 is 38.9 Å². The highest BCUT2D eigenvalue weighted by atomic mass is 16.4. The summed E-state index contributed by atoms with van der Waals surface area (Å²) in [4.78, 5) is 53.8. The Kier molecular flexibility index (Phi) is 14.9. The van der Waals surface area contributed by atoms with Crippen LogP contribution in [0.1, 0.15) is 37.7 Å². The second-order valence-corrected chi connectivity index (χ2v) is 8.91. The molecule has 0 aliphatic rings. The number of phenolic OH excluding ortho intramolecular Hbond substituents is 1. The highest BCUT2D eigenvalue weighted by Crippen LogP contribution is 2.12. The van der Waals surface area contributed by atoms with Crippen molar-refractivity contribution < 1.29 is 34.5 Å². The first kappa shape index (κ1) is 33.1. The van der Waals surface area contributed by atoms with Gasteiger partial charge in [0.15, 0.2) is 5.96 Å². The first-order chi connectivity index (χ1) is 18.5. The van der Waals surface area contributed by atoms with Crippen LogP contribution in [0.15, 0.2) is 29.3 Å². The van der Waals surface area contributed by atoms with Crippen molar-refractivity contribution in [2.45, 2.75) is 62.7 Å². The van der Waals surface area contributed by atoms with Crippen molar-refractivity contribution in [3.8, 4) is 5.75 Å². The minimum absolute atomic E-state index is 0.00211. The zero-order chi connectivity index (χ0) is 29.4. The third-order valence-electron chi connectivity index (χ3n) is 5.69. The lowest BCUT2D eigenvalue weighted by atomic mass is 10.0. The predicted molar refractivity (Wildman–Crippen MR) is 143 cm³/mol. The van der Waals surface area contributed by atoms with Gasteiger partial charge in [-0.2, -0.15) is 0 Å². The van der Waals surface area contributed by atoms with Crippen molar-refractivity contribution in [2.75, 3.05) is 19.7 Å². The summed E-state index contributed by atoms with van der Waals surface area (Å²) < 4.78 is 0. The molecule has 39 heavy (non-hydrogen) atoms. The molecule has 1 aromatic carbocycles. The van der Waals surface area contributed by atoms with Crippen LogP contribution in [0.2, 0.25) is 0 Å². The summed E-state index contributed by atoms with van der Waals surface area (Å²) in [5, 5.41) is 35.9. The number of carboxylic acid groups (broad SMARTS) is 1. The number of aromatic hydroxyl groups is 1. The molecule has 1 rings (SSSR count). The summed E-state index contributed by atoms with van der Waals surface area (Å²) in [6.45, 7) is -0.177. The Morgan fingerprint density at radius 1 is 0.846 bits per heavy atom. The number of aliphatic hydroxyl groups excluding tert-OH is 1. The van der Waals surface area contributed by atoms with Crippen LogP contribution in [-0.2, 0) is 25.6 Å². The minimum Gasteiger partial charge on any atom is -0.508 e. The number of hydrogen-bond acceptors (Lipinski definition) is 9. The third kappa shape index (κ3) is 12.9. The molecule has 218 valence electrons. The minimum atomic E-state index is -1.48. The van der Waals surface area contributed by atoms with Crippen LogP contribution in [0.4, 0.5) is 0 Å². The van der Waals surface area contributed by atoms with Crippen LogP contribution in [0.25, 0.3) is 0 Å². The number of carbonyl (C=O) groups is 4. The molecule has 0 aliphatic heterocycles. The van der Waals surface area contributed by atoms with E-state index in [4.69, 9.17) is 22.9 Å². The smallest absolute Gasteiger partial charge is 0.326 e. The number of guanidine groups is 1. The molecule has 0 aliphatic carbocycles. The largest absolute Gasteiger partial charge is 0.508 e. The van der Waals surface area contributed by atoms with Gasteiger partial charge in [-0.1, -0.05) is 12.1 Å². The number of aliphatic hydroxyl groups is 1. The maximum Gasteiger partial charge on any atom is 0.326 e. The molecule has 4 unspecified atom stereocenters. The van der Waals surface area contributed by atoms with Gasteiger partial charge in [-0.25, -0.2) is 4.79 Å². The Labute approximate surface area is 226 Å². The lowest BCUT2D eigenvalue weighted by Gasteiger charge is -2.24. The standard InChI is InChI=1S/C24H40N8O7/c25-10-2-1-5-17(30-20(35)16(26)4-3-11-29-24(27)28)21(36)32-19(13-33)22(37)31-18(23(38)39)12-14-6-8-15(34)9-7-14/h6-9,16-19,33-34H,1-5,10-13,25-26H2,(H,30,35)(H,31,37)(H,32,36)(H,38,39)(H4,27,28,29). The molecule has 14 N–H and O–H groups in total. The van der Waals surface area contributed by atoms with Gasteiger partial charge in [0, 0.05) is 13.0 Å². The molecule has 15 heteroatoms. The van der Waals surface area contributed by atoms with Crippen LogP contribution in [0, 0.1) is 0 Å². The molecule has 3 amide bonds. The summed E-state index contributed by atoms with van der Waals surface area (Å²) in [6, 6.07) is 0.876. The molecular weight excluding hydrogens is 512 g/mol. The van der Waals surface area contributed by atoms with Crippen molar-refractivity contribution in [1.82, 2.24) is 16.0 Å². The number of hydrogen-bond donors (Lipinski definition) is 10. The first-order valence-electron chi connectivity index (χ1n) is 12.5. The van der Waals surface area contributed by atoms with E-state index in [1.54, 1.807) is 0 Å². The zero-order valence-corrected chi connectivity index (χ0v) is 21.7. The molecule has 0 aromatic heterocycles. The fourth-order valence-electron chi connectivity index (χ4n) is 3.50. The molecular formula is C24H40N8O7. The topological polar surface area (TPSA) is 282 Å². The summed E-state index contributed by atoms with van der Waals surface area (Å²) in [6.07, 6.45) is 1.82. The predicted octanol–water partition coefficient (Wildman–Crippen LogP) is -3.02. The van der Waals surface area contributed by atoms with Crippen molar-refractivity contribution in [3.63, 3.8) is 0 Å². The fraction of sp³-hybridized carbons (Fsp3) is 0.542. The van der Waals surface area contributed by atoms with Gasteiger partial charge >= 0.3 is 5.97 Å². The molecule has 1 aromatic rings. The molecule has 0 spiro atoms. The second kappa shape index (κ2) is 17.5. The van der Waals surface area contributed by atoms with Crippen molar-refractivity contribution >= 4 is 29.7 Å². The van der Waals surface area contributed by atoms with Crippen molar-refractivity contribution in [3.05, 3.63) is 29.8 Å². The van der Waals surface area contributed by atoms with Crippen molar-refractivity contribution in [1.29, 1.82) is 0 Å². The van der Waals surface area contributed by atoms with E-state index in [1.165, 1.54) is 24.3 Å². The van der Waals surface area contributed by atoms with Gasteiger partial charge in [0.05, 0.1) is 12.6 Å². The van der Waals surface area contributed by atoms with Gasteiger partial charge in [-0.15, -0.1) is 0 Å². The maximum absolute atomic E-state index is 13.0. The summed E-state index contributed by atoms with van der Waals surface area (Å²) in [5.41, 5.74) is 22.5. The number of carbonyl (C=O) groups excluding carboxylic acids is 3. The van der Waals surface area contributed by atoms with E-state index in [2.05, 4.69) is 20.9 Å². The lowest BCUT2D eigenvalue weighted by Crippen LogP contribution is -2.58. The van der Waals surface area contributed by atoms with Crippen LogP contribution in [0.5, 0.6) is 5.75 Å². The zero-order valence-electron chi connectivity index (χ0n) is 21.7. The Morgan fingerprint density at radius 3 is 2.00 bits per heavy atom. The average Bonchev–Trinajstić information content (AvgIpc) is 2.89. The summed E-state index contributed by atoms with van der Waals surface area (Å²) in [7, 11) is 0. The van der Waals surface area contributed by atoms with E-state index in [1.807, 2.05) is 0 Å². The Hall–Kier alpha value is -3.95. The average molecular weight is 553 g/mol. The highest BCUT2D eigenvalue weighted by molar-refractivity contribution is 5.94. The third-order valence-corrected chi connectivity index (χ3v) is 5.69. The van der Waals surface area contributed by atoms with Crippen LogP contribution in [0.3, 0.4) is 0 Å². The van der Waals surface area contributed by atoms with Crippen LogP contribution in [-0.4, -0.2) is 88.8 Å². The molecule has 0 heterocycles. The van der Waals surface area contributed by atoms with E-state index in [-0.39, 0.29) is 37.5 Å². The maximum atomic E-state index is 13.0. The number of nitrogens with zero attached hydrogens (tertiary/aromatic N) is 1. The second-order valence-electron chi connectivity index (χ2n) is 8.91. The molecule has 0 saturated carbocycles. The van der Waals surface area contributed by atoms with E-state index in [9.17, 15) is 34.5 Å². The molecule has 15 nitrogen and oxygen atoms in total. The number of carboxylic acids is 1. The number of aliphatic carboxylic acids is 1. The molecule has 0 saturated heterocycles. The number of rotatable bonds is 18. The molecule has 0 bridgehead atoms. The Bertz CT molecular complexity index is 970. The van der Waals surface area contributed by atoms with E-state index < -0.39 is 54.5 Å². The first-order valence-corrected chi connectivity index (χ1v) is 12.5. The monoisotopic (exact) mass is 552 g/mol. The number of nitrogens with one attached hydrogen (secondary N) is 3. The number of benzene rings is 1. The van der Waals surface area contributed by atoms with Gasteiger partial charge in [-0.3, -0.25) is 19.4 Å². The van der Waals surface area contributed by atoms with Crippen LogP contribution >= 0.6 is 0 Å². The van der Waals surface area contributed by atoms with E-state index in [0.29, 0.717) is 31.4 Å². The summed E-state index contributed by atoms with van der Waals surface area (Å²) in [5.74, 6) is -3.70. The number of unbranched alkanes of at least 4 members (excludes halogenated alkanes) is 1. The van der Waals surface area contributed by atoms with Gasteiger partial charge in [0.1, 0.15) is 23.9 Å². The van der Waals surface area contributed by atoms with Gasteiger partial charge in [-0.05, 0) is 56.3 Å². The van der Waals surface area contributed by atoms with Gasteiger partial charge < -0.3 is 54.2 Å². The number of phenols is 1. The Balaban J connectivity index is 2.83. The van der Waals surface area contributed by atoms with Gasteiger partial charge in [0.2, 0.25) is 17.7 Å². The highest BCUT2D eigenvalue weighted by Gasteiger charge is 2.30.